The highest BCUT2D eigenvalue weighted by Crippen LogP contribution is 2.20. The molecule has 24 heavy (non-hydrogen) atoms. The number of aromatic amines is 1. The van der Waals surface area contributed by atoms with Crippen LogP contribution in [-0.2, 0) is 10.0 Å². The highest BCUT2D eigenvalue weighted by molar-refractivity contribution is 7.93. The van der Waals surface area contributed by atoms with Crippen LogP contribution in [0.25, 0.3) is 0 Å². The molecule has 1 amide bonds. The molecule has 124 valence electrons. The number of thiazole rings is 1. The van der Waals surface area contributed by atoms with Gasteiger partial charge in [-0.1, -0.05) is 11.6 Å². The van der Waals surface area contributed by atoms with E-state index >= 15 is 0 Å². The molecule has 3 N–H and O–H groups in total. The van der Waals surface area contributed by atoms with Crippen LogP contribution >= 0.6 is 22.9 Å². The third kappa shape index (κ3) is 3.55. The van der Waals surface area contributed by atoms with Crippen molar-refractivity contribution in [3.8, 4) is 0 Å². The molecule has 8 nitrogen and oxygen atoms in total. The molecule has 0 saturated carbocycles. The SMILES string of the molecule is O=C(Nc1ccc(S(=O)(=O)Nc2nccs2)cc1)c1[nH]ncc1Cl. The summed E-state index contributed by atoms with van der Waals surface area (Å²) in [5.41, 5.74) is 0.540. The number of anilines is 2. The second-order valence-corrected chi connectivity index (χ2v) is 7.50. The van der Waals surface area contributed by atoms with E-state index in [0.717, 1.165) is 0 Å². The van der Waals surface area contributed by atoms with Gasteiger partial charge in [0.25, 0.3) is 15.9 Å². The van der Waals surface area contributed by atoms with Crippen molar-refractivity contribution in [1.82, 2.24) is 15.2 Å². The summed E-state index contributed by atoms with van der Waals surface area (Å²) < 4.78 is 26.8. The molecule has 0 aliphatic rings. The van der Waals surface area contributed by atoms with Crippen LogP contribution in [0.5, 0.6) is 0 Å². The quantitative estimate of drug-likeness (QED) is 0.626. The first-order chi connectivity index (χ1) is 11.5. The molecule has 0 fully saturated rings. The summed E-state index contributed by atoms with van der Waals surface area (Å²) in [6.45, 7) is 0. The minimum absolute atomic E-state index is 0.0512. The molecular weight excluding hydrogens is 374 g/mol. The lowest BCUT2D eigenvalue weighted by Gasteiger charge is -2.07. The Morgan fingerprint density at radius 3 is 2.58 bits per heavy atom. The molecule has 2 heterocycles. The number of carbonyl (C=O) groups is 1. The maximum atomic E-state index is 12.2. The zero-order valence-electron chi connectivity index (χ0n) is 11.9. The zero-order chi connectivity index (χ0) is 17.2. The minimum Gasteiger partial charge on any atom is -0.321 e. The lowest BCUT2D eigenvalue weighted by molar-refractivity contribution is 0.102. The van der Waals surface area contributed by atoms with Gasteiger partial charge in [0.05, 0.1) is 16.1 Å². The summed E-state index contributed by atoms with van der Waals surface area (Å²) in [5.74, 6) is -0.478. The Morgan fingerprint density at radius 1 is 1.25 bits per heavy atom. The van der Waals surface area contributed by atoms with Gasteiger partial charge in [-0.15, -0.1) is 11.3 Å². The molecule has 3 rings (SSSR count). The summed E-state index contributed by atoms with van der Waals surface area (Å²) in [4.78, 5) is 15.9. The predicted octanol–water partition coefficient (Wildman–Crippen LogP) is 2.57. The van der Waals surface area contributed by atoms with Crippen molar-refractivity contribution in [2.24, 2.45) is 0 Å². The number of aromatic nitrogens is 3. The number of hydrogen-bond acceptors (Lipinski definition) is 6. The molecule has 3 aromatic rings. The molecular formula is C13H10ClN5O3S2. The van der Waals surface area contributed by atoms with Crippen molar-refractivity contribution in [3.05, 3.63) is 52.8 Å². The molecule has 0 bridgehead atoms. The standard InChI is InChI=1S/C13H10ClN5O3S2/c14-10-7-16-18-11(10)12(20)17-8-1-3-9(4-2-8)24(21,22)19-13-15-5-6-23-13/h1-7H,(H,15,19)(H,16,18)(H,17,20). The van der Waals surface area contributed by atoms with Gasteiger partial charge in [-0.05, 0) is 24.3 Å². The Balaban J connectivity index is 1.73. The lowest BCUT2D eigenvalue weighted by atomic mass is 10.3. The third-order valence-corrected chi connectivity index (χ3v) is 5.36. The van der Waals surface area contributed by atoms with Crippen molar-refractivity contribution in [3.63, 3.8) is 0 Å². The molecule has 0 spiro atoms. The van der Waals surface area contributed by atoms with Gasteiger partial charge in [-0.3, -0.25) is 14.6 Å². The number of benzene rings is 1. The van der Waals surface area contributed by atoms with Crippen molar-refractivity contribution < 1.29 is 13.2 Å². The number of halogens is 1. The van der Waals surface area contributed by atoms with Crippen LogP contribution in [0, 0.1) is 0 Å². The van der Waals surface area contributed by atoms with Crippen LogP contribution in [0.4, 0.5) is 10.8 Å². The first-order valence-electron chi connectivity index (χ1n) is 6.48. The van der Waals surface area contributed by atoms with E-state index in [1.807, 2.05) is 0 Å². The smallest absolute Gasteiger partial charge is 0.275 e. The summed E-state index contributed by atoms with van der Waals surface area (Å²) in [6.07, 6.45) is 2.82. The van der Waals surface area contributed by atoms with Gasteiger partial charge < -0.3 is 5.32 Å². The first-order valence-corrected chi connectivity index (χ1v) is 9.22. The number of H-pyrrole nitrogens is 1. The molecule has 0 aliphatic heterocycles. The second kappa shape index (κ2) is 6.59. The largest absolute Gasteiger partial charge is 0.321 e. The normalized spacial score (nSPS) is 11.2. The van der Waals surface area contributed by atoms with E-state index in [1.165, 1.54) is 48.0 Å². The van der Waals surface area contributed by atoms with Crippen LogP contribution in [0.15, 0.2) is 46.9 Å². The van der Waals surface area contributed by atoms with Crippen LogP contribution < -0.4 is 10.0 Å². The molecule has 0 atom stereocenters. The molecule has 11 heteroatoms. The first kappa shape index (κ1) is 16.4. The van der Waals surface area contributed by atoms with Crippen molar-refractivity contribution in [2.45, 2.75) is 4.90 Å². The van der Waals surface area contributed by atoms with Crippen LogP contribution in [0.2, 0.25) is 5.02 Å². The van der Waals surface area contributed by atoms with E-state index < -0.39 is 15.9 Å². The van der Waals surface area contributed by atoms with Gasteiger partial charge in [-0.25, -0.2) is 13.4 Å². The maximum absolute atomic E-state index is 12.2. The van der Waals surface area contributed by atoms with Gasteiger partial charge in [0, 0.05) is 17.3 Å². The van der Waals surface area contributed by atoms with E-state index in [2.05, 4.69) is 25.2 Å². The fourth-order valence-corrected chi connectivity index (χ4v) is 3.76. The highest BCUT2D eigenvalue weighted by Gasteiger charge is 2.16. The maximum Gasteiger partial charge on any atom is 0.275 e. The lowest BCUT2D eigenvalue weighted by Crippen LogP contribution is -2.14. The average Bonchev–Trinajstić information content (AvgIpc) is 3.19. The number of sulfonamides is 1. The zero-order valence-corrected chi connectivity index (χ0v) is 14.2. The summed E-state index contributed by atoms with van der Waals surface area (Å²) in [6, 6.07) is 5.69. The number of nitrogens with one attached hydrogen (secondary N) is 3. The number of rotatable bonds is 5. The van der Waals surface area contributed by atoms with Crippen LogP contribution in [0.3, 0.4) is 0 Å². The van der Waals surface area contributed by atoms with Gasteiger partial charge in [-0.2, -0.15) is 5.10 Å². The molecule has 0 radical (unpaired) electrons. The van der Waals surface area contributed by atoms with Crippen LogP contribution in [-0.4, -0.2) is 29.5 Å². The molecule has 2 aromatic heterocycles. The van der Waals surface area contributed by atoms with Gasteiger partial charge in [0.15, 0.2) is 5.13 Å². The van der Waals surface area contributed by atoms with E-state index in [-0.39, 0.29) is 20.7 Å². The van der Waals surface area contributed by atoms with E-state index in [9.17, 15) is 13.2 Å². The molecule has 0 unspecified atom stereocenters. The van der Waals surface area contributed by atoms with E-state index in [0.29, 0.717) is 5.69 Å². The monoisotopic (exact) mass is 383 g/mol. The Kier molecular flexibility index (Phi) is 4.51. The fourth-order valence-electron chi connectivity index (χ4n) is 1.79. The Bertz CT molecular complexity index is 952. The highest BCUT2D eigenvalue weighted by atomic mass is 35.5. The van der Waals surface area contributed by atoms with Crippen molar-refractivity contribution in [1.29, 1.82) is 0 Å². The average molecular weight is 384 g/mol. The summed E-state index contributed by atoms with van der Waals surface area (Å²) in [5, 5.41) is 10.9. The summed E-state index contributed by atoms with van der Waals surface area (Å²) in [7, 11) is -3.73. The Morgan fingerprint density at radius 2 is 2.00 bits per heavy atom. The van der Waals surface area contributed by atoms with Crippen LogP contribution in [0.1, 0.15) is 10.5 Å². The number of carbonyl (C=O) groups excluding carboxylic acids is 1. The molecule has 0 aliphatic carbocycles. The van der Waals surface area contributed by atoms with Crippen molar-refractivity contribution >= 4 is 49.7 Å². The molecule has 0 saturated heterocycles. The van der Waals surface area contributed by atoms with Gasteiger partial charge in [0.1, 0.15) is 5.69 Å². The van der Waals surface area contributed by atoms with E-state index in [1.54, 1.807) is 5.38 Å². The van der Waals surface area contributed by atoms with Crippen molar-refractivity contribution in [2.75, 3.05) is 10.0 Å². The minimum atomic E-state index is -3.73. The number of amides is 1. The van der Waals surface area contributed by atoms with E-state index in [4.69, 9.17) is 11.6 Å². The fraction of sp³-hybridized carbons (Fsp3) is 0. The Hall–Kier alpha value is -2.43. The van der Waals surface area contributed by atoms with Gasteiger partial charge >= 0.3 is 0 Å². The Labute approximate surface area is 145 Å². The molecule has 1 aromatic carbocycles. The topological polar surface area (TPSA) is 117 Å². The number of hydrogen-bond donors (Lipinski definition) is 3. The van der Waals surface area contributed by atoms with Gasteiger partial charge in [0.2, 0.25) is 0 Å². The third-order valence-electron chi connectivity index (χ3n) is 2.90. The predicted molar refractivity (Wildman–Crippen MR) is 90.9 cm³/mol. The summed E-state index contributed by atoms with van der Waals surface area (Å²) >= 11 is 6.98. The second-order valence-electron chi connectivity index (χ2n) is 4.51. The number of nitrogens with zero attached hydrogens (tertiary/aromatic N) is 2.